The summed E-state index contributed by atoms with van der Waals surface area (Å²) in [5.41, 5.74) is 5.64. The molecule has 0 saturated carbocycles. The third-order valence-corrected chi connectivity index (χ3v) is 7.34. The van der Waals surface area contributed by atoms with E-state index in [1.165, 1.54) is 16.8 Å². The number of anilines is 2. The number of benzene rings is 3. The molecule has 0 radical (unpaired) electrons. The van der Waals surface area contributed by atoms with Gasteiger partial charge in [0.05, 0.1) is 16.2 Å². The van der Waals surface area contributed by atoms with E-state index in [0.29, 0.717) is 23.7 Å². The number of thiocarbonyl (C=S) groups is 1. The van der Waals surface area contributed by atoms with Gasteiger partial charge in [-0.1, -0.05) is 54.7 Å². The van der Waals surface area contributed by atoms with Crippen molar-refractivity contribution in [3.8, 4) is 5.75 Å². The molecule has 2 heterocycles. The van der Waals surface area contributed by atoms with Gasteiger partial charge in [0.25, 0.3) is 0 Å². The molecule has 1 aromatic heterocycles. The van der Waals surface area contributed by atoms with Crippen molar-refractivity contribution in [2.24, 2.45) is 0 Å². The summed E-state index contributed by atoms with van der Waals surface area (Å²) in [6.07, 6.45) is 7.00. The first-order valence-electron chi connectivity index (χ1n) is 13.1. The van der Waals surface area contributed by atoms with Crippen molar-refractivity contribution in [2.45, 2.75) is 38.3 Å². The van der Waals surface area contributed by atoms with Crippen LogP contribution in [0.5, 0.6) is 5.75 Å². The van der Waals surface area contributed by atoms with Crippen LogP contribution in [0.4, 0.5) is 11.4 Å². The second kappa shape index (κ2) is 12.5. The van der Waals surface area contributed by atoms with Gasteiger partial charge >= 0.3 is 5.97 Å². The average Bonchev–Trinajstić information content (AvgIpc) is 3.31. The molecule has 0 fully saturated rings. The highest BCUT2D eigenvalue weighted by Gasteiger charge is 2.29. The molecule has 0 spiro atoms. The van der Waals surface area contributed by atoms with Crippen molar-refractivity contribution in [3.63, 3.8) is 0 Å². The summed E-state index contributed by atoms with van der Waals surface area (Å²) >= 11 is 5.64. The molecule has 1 aliphatic rings. The summed E-state index contributed by atoms with van der Waals surface area (Å²) in [6.45, 7) is 1.42. The average molecular weight is 538 g/mol. The predicted octanol–water partition coefficient (Wildman–Crippen LogP) is 6.55. The van der Waals surface area contributed by atoms with Crippen LogP contribution in [0.1, 0.15) is 39.9 Å². The number of carbonyl (C=O) groups is 1. The van der Waals surface area contributed by atoms with Gasteiger partial charge in [0, 0.05) is 37.1 Å². The SMILES string of the molecule is O=C(O)c1ccccc1NC(=S)CCC1Cc2cc(OCc3ccccc3)ccc2N1CCc1ccncc1. The Morgan fingerprint density at radius 2 is 1.77 bits per heavy atom. The number of carboxylic acids is 1. The first kappa shape index (κ1) is 26.4. The van der Waals surface area contributed by atoms with Gasteiger partial charge in [-0.2, -0.15) is 0 Å². The fraction of sp³-hybridized carbons (Fsp3) is 0.219. The maximum atomic E-state index is 11.6. The number of aromatic carboxylic acids is 1. The fourth-order valence-corrected chi connectivity index (χ4v) is 5.27. The van der Waals surface area contributed by atoms with Gasteiger partial charge in [0.2, 0.25) is 0 Å². The molecule has 39 heavy (non-hydrogen) atoms. The van der Waals surface area contributed by atoms with E-state index in [1.54, 1.807) is 18.2 Å². The molecule has 0 bridgehead atoms. The summed E-state index contributed by atoms with van der Waals surface area (Å²) in [6, 6.07) is 27.8. The van der Waals surface area contributed by atoms with E-state index in [1.807, 2.05) is 36.7 Å². The van der Waals surface area contributed by atoms with E-state index in [2.05, 4.69) is 57.7 Å². The summed E-state index contributed by atoms with van der Waals surface area (Å²) in [5, 5.41) is 12.6. The fourth-order valence-electron chi connectivity index (χ4n) is 5.05. The molecule has 2 N–H and O–H groups in total. The van der Waals surface area contributed by atoms with Crippen LogP contribution in [-0.2, 0) is 19.4 Å². The van der Waals surface area contributed by atoms with Crippen LogP contribution in [0.3, 0.4) is 0 Å². The number of para-hydroxylation sites is 1. The Labute approximate surface area is 234 Å². The van der Waals surface area contributed by atoms with Crippen LogP contribution in [0.15, 0.2) is 97.3 Å². The Balaban J connectivity index is 1.27. The van der Waals surface area contributed by atoms with Crippen molar-refractivity contribution >= 4 is 34.6 Å². The maximum Gasteiger partial charge on any atom is 0.337 e. The van der Waals surface area contributed by atoms with Gasteiger partial charge in [0.1, 0.15) is 12.4 Å². The smallest absolute Gasteiger partial charge is 0.337 e. The van der Waals surface area contributed by atoms with Crippen molar-refractivity contribution in [3.05, 3.63) is 120 Å². The standard InChI is InChI=1S/C32H31N3O3S/c36-32(37)28-8-4-5-9-29(28)34-31(39)13-10-26-20-25-21-27(38-22-24-6-2-1-3-7-24)11-12-30(25)35(26)19-16-23-14-17-33-18-15-23/h1-9,11-12,14-15,17-18,21,26H,10,13,16,19-20,22H2,(H,34,39)(H,36,37). The molecular formula is C32H31N3O3S. The first-order chi connectivity index (χ1) is 19.1. The van der Waals surface area contributed by atoms with Gasteiger partial charge < -0.3 is 20.1 Å². The monoisotopic (exact) mass is 537 g/mol. The Kier molecular flexibility index (Phi) is 8.48. The van der Waals surface area contributed by atoms with Gasteiger partial charge in [0.15, 0.2) is 0 Å². The number of nitrogens with one attached hydrogen (secondary N) is 1. The number of aromatic nitrogens is 1. The van der Waals surface area contributed by atoms with E-state index in [9.17, 15) is 9.90 Å². The summed E-state index contributed by atoms with van der Waals surface area (Å²) in [7, 11) is 0. The highest BCUT2D eigenvalue weighted by atomic mass is 32.1. The third kappa shape index (κ3) is 6.81. The molecule has 7 heteroatoms. The second-order valence-corrected chi connectivity index (χ2v) is 10.2. The zero-order valence-electron chi connectivity index (χ0n) is 21.6. The van der Waals surface area contributed by atoms with Crippen LogP contribution < -0.4 is 15.0 Å². The molecule has 0 aliphatic carbocycles. The minimum absolute atomic E-state index is 0.218. The molecule has 1 atom stereocenters. The zero-order chi connectivity index (χ0) is 27.0. The first-order valence-corrected chi connectivity index (χ1v) is 13.5. The Bertz CT molecular complexity index is 1430. The topological polar surface area (TPSA) is 74.7 Å². The van der Waals surface area contributed by atoms with Gasteiger partial charge in [-0.05, 0) is 78.4 Å². The number of hydrogen-bond donors (Lipinski definition) is 2. The number of ether oxygens (including phenoxy) is 1. The lowest BCUT2D eigenvalue weighted by molar-refractivity contribution is 0.0698. The molecule has 1 aliphatic heterocycles. The molecule has 6 nitrogen and oxygen atoms in total. The Morgan fingerprint density at radius 1 is 1.00 bits per heavy atom. The minimum atomic E-state index is -0.972. The molecule has 4 aromatic rings. The third-order valence-electron chi connectivity index (χ3n) is 7.03. The number of nitrogens with zero attached hydrogens (tertiary/aromatic N) is 2. The molecule has 1 unspecified atom stereocenters. The summed E-state index contributed by atoms with van der Waals surface area (Å²) in [5.74, 6) is -0.102. The molecule has 5 rings (SSSR count). The summed E-state index contributed by atoms with van der Waals surface area (Å²) in [4.78, 5) is 18.8. The quantitative estimate of drug-likeness (QED) is 0.210. The van der Waals surface area contributed by atoms with E-state index in [-0.39, 0.29) is 11.6 Å². The van der Waals surface area contributed by atoms with Crippen LogP contribution in [0.2, 0.25) is 0 Å². The number of carboxylic acid groups (broad SMARTS) is 1. The molecular weight excluding hydrogens is 506 g/mol. The number of hydrogen-bond acceptors (Lipinski definition) is 5. The normalized spacial score (nSPS) is 14.1. The van der Waals surface area contributed by atoms with Crippen molar-refractivity contribution < 1.29 is 14.6 Å². The second-order valence-electron chi connectivity index (χ2n) is 9.66. The van der Waals surface area contributed by atoms with Gasteiger partial charge in [-0.25, -0.2) is 4.79 Å². The van der Waals surface area contributed by atoms with Gasteiger partial charge in [-0.3, -0.25) is 4.98 Å². The van der Waals surface area contributed by atoms with Crippen LogP contribution in [-0.4, -0.2) is 33.6 Å². The van der Waals surface area contributed by atoms with Crippen LogP contribution in [0, 0.1) is 0 Å². The maximum absolute atomic E-state index is 11.6. The highest BCUT2D eigenvalue weighted by molar-refractivity contribution is 7.80. The lowest BCUT2D eigenvalue weighted by Crippen LogP contribution is -2.34. The van der Waals surface area contributed by atoms with E-state index in [0.717, 1.165) is 37.1 Å². The van der Waals surface area contributed by atoms with Gasteiger partial charge in [-0.15, -0.1) is 0 Å². The van der Waals surface area contributed by atoms with Crippen LogP contribution in [0.25, 0.3) is 0 Å². The molecule has 3 aromatic carbocycles. The molecule has 0 amide bonds. The highest BCUT2D eigenvalue weighted by Crippen LogP contribution is 2.37. The number of rotatable bonds is 11. The Morgan fingerprint density at radius 3 is 2.56 bits per heavy atom. The summed E-state index contributed by atoms with van der Waals surface area (Å²) < 4.78 is 6.11. The van der Waals surface area contributed by atoms with E-state index in [4.69, 9.17) is 17.0 Å². The molecule has 198 valence electrons. The minimum Gasteiger partial charge on any atom is -0.489 e. The Hall–Kier alpha value is -4.23. The zero-order valence-corrected chi connectivity index (χ0v) is 22.4. The lowest BCUT2D eigenvalue weighted by atomic mass is 10.0. The number of pyridine rings is 1. The van der Waals surface area contributed by atoms with Crippen molar-refractivity contribution in [1.29, 1.82) is 0 Å². The number of fused-ring (bicyclic) bond motifs is 1. The van der Waals surface area contributed by atoms with Crippen molar-refractivity contribution in [2.75, 3.05) is 16.8 Å². The van der Waals surface area contributed by atoms with E-state index >= 15 is 0 Å². The van der Waals surface area contributed by atoms with Crippen LogP contribution >= 0.6 is 12.2 Å². The largest absolute Gasteiger partial charge is 0.489 e. The van der Waals surface area contributed by atoms with Crippen molar-refractivity contribution in [1.82, 2.24) is 4.98 Å². The predicted molar refractivity (Wildman–Crippen MR) is 159 cm³/mol. The van der Waals surface area contributed by atoms with E-state index < -0.39 is 5.97 Å². The molecule has 0 saturated heterocycles. The lowest BCUT2D eigenvalue weighted by Gasteiger charge is -2.28.